The minimum atomic E-state index is -0.599. The van der Waals surface area contributed by atoms with Crippen LogP contribution < -0.4 is 5.32 Å². The molecule has 5 nitrogen and oxygen atoms in total. The molecule has 0 radical (unpaired) electrons. The van der Waals surface area contributed by atoms with Gasteiger partial charge in [0.2, 0.25) is 5.91 Å². The lowest BCUT2D eigenvalue weighted by Crippen LogP contribution is -2.48. The van der Waals surface area contributed by atoms with Crippen LogP contribution in [0.3, 0.4) is 0 Å². The average Bonchev–Trinajstić information content (AvgIpc) is 3.31. The number of hydrogen-bond acceptors (Lipinski definition) is 5. The summed E-state index contributed by atoms with van der Waals surface area (Å²) in [7, 11) is 0. The highest BCUT2D eigenvalue weighted by atomic mass is 32.1. The summed E-state index contributed by atoms with van der Waals surface area (Å²) in [6.07, 6.45) is -0.312. The first-order chi connectivity index (χ1) is 13.4. The second-order valence-electron chi connectivity index (χ2n) is 7.57. The molecule has 1 saturated heterocycles. The van der Waals surface area contributed by atoms with Crippen LogP contribution in [0.5, 0.6) is 0 Å². The number of ketones is 1. The van der Waals surface area contributed by atoms with Crippen LogP contribution in [0.15, 0.2) is 41.8 Å². The molecular weight excluding hydrogens is 374 g/mol. The number of thiophene rings is 1. The van der Waals surface area contributed by atoms with E-state index in [4.69, 9.17) is 9.47 Å². The fourth-order valence-electron chi connectivity index (χ4n) is 3.19. The number of carbonyl (C=O) groups is 2. The van der Waals surface area contributed by atoms with E-state index in [-0.39, 0.29) is 24.4 Å². The highest BCUT2D eigenvalue weighted by Crippen LogP contribution is 2.25. The number of benzene rings is 1. The van der Waals surface area contributed by atoms with E-state index in [9.17, 15) is 9.59 Å². The fourth-order valence-corrected chi connectivity index (χ4v) is 3.92. The predicted octanol–water partition coefficient (Wildman–Crippen LogP) is 3.82. The van der Waals surface area contributed by atoms with Crippen molar-refractivity contribution in [2.45, 2.75) is 52.0 Å². The molecule has 6 heteroatoms. The molecule has 1 aromatic carbocycles. The number of amides is 1. The first-order valence-electron chi connectivity index (χ1n) is 9.63. The number of rotatable bonds is 8. The number of Topliss-reactive ketones (excluding diaryl/α,β-unsaturated/α-hetero) is 1. The summed E-state index contributed by atoms with van der Waals surface area (Å²) in [6.45, 7) is 6.29. The van der Waals surface area contributed by atoms with E-state index >= 15 is 0 Å². The molecule has 0 bridgehead atoms. The monoisotopic (exact) mass is 401 g/mol. The van der Waals surface area contributed by atoms with Crippen molar-refractivity contribution in [2.75, 3.05) is 6.61 Å². The third-order valence-electron chi connectivity index (χ3n) is 4.79. The molecule has 2 heterocycles. The molecule has 2 aromatic rings. The lowest BCUT2D eigenvalue weighted by molar-refractivity contribution is -0.137. The zero-order chi connectivity index (χ0) is 20.1. The van der Waals surface area contributed by atoms with E-state index < -0.39 is 12.1 Å². The van der Waals surface area contributed by atoms with Gasteiger partial charge in [0.1, 0.15) is 18.8 Å². The van der Waals surface area contributed by atoms with Gasteiger partial charge in [0, 0.05) is 4.88 Å². The molecule has 0 aliphatic carbocycles. The van der Waals surface area contributed by atoms with Crippen molar-refractivity contribution in [3.8, 4) is 10.4 Å². The van der Waals surface area contributed by atoms with E-state index in [0.717, 1.165) is 5.56 Å². The summed E-state index contributed by atoms with van der Waals surface area (Å²) in [6, 6.07) is 11.7. The standard InChI is InChI=1S/C22H27NO4S/c1-14(2)11-19(22(25)23-21-15(3)26-13-18(21)24)27-12-16-6-8-17(9-7-16)20-5-4-10-28-20/h4-10,14-15,19,21H,11-13H2,1-3H3,(H,23,25). The lowest BCUT2D eigenvalue weighted by atomic mass is 10.0. The van der Waals surface area contributed by atoms with Crippen LogP contribution in [0.2, 0.25) is 0 Å². The summed E-state index contributed by atoms with van der Waals surface area (Å²) in [4.78, 5) is 25.8. The molecule has 1 aliphatic heterocycles. The Kier molecular flexibility index (Phi) is 6.99. The maximum absolute atomic E-state index is 12.7. The van der Waals surface area contributed by atoms with E-state index in [0.29, 0.717) is 18.9 Å². The van der Waals surface area contributed by atoms with Crippen molar-refractivity contribution in [3.63, 3.8) is 0 Å². The van der Waals surface area contributed by atoms with E-state index in [2.05, 4.69) is 28.9 Å². The quantitative estimate of drug-likeness (QED) is 0.730. The highest BCUT2D eigenvalue weighted by molar-refractivity contribution is 7.13. The van der Waals surface area contributed by atoms with Crippen LogP contribution in [0.4, 0.5) is 0 Å². The second-order valence-corrected chi connectivity index (χ2v) is 8.52. The summed E-state index contributed by atoms with van der Waals surface area (Å²) in [5.41, 5.74) is 2.18. The average molecular weight is 402 g/mol. The van der Waals surface area contributed by atoms with E-state index in [1.165, 1.54) is 10.4 Å². The highest BCUT2D eigenvalue weighted by Gasteiger charge is 2.35. The van der Waals surface area contributed by atoms with Crippen molar-refractivity contribution in [2.24, 2.45) is 5.92 Å². The van der Waals surface area contributed by atoms with Gasteiger partial charge in [-0.2, -0.15) is 0 Å². The molecule has 0 saturated carbocycles. The molecule has 3 unspecified atom stereocenters. The minimum absolute atomic E-state index is 0.0540. The Morgan fingerprint density at radius 3 is 2.61 bits per heavy atom. The van der Waals surface area contributed by atoms with Crippen LogP contribution in [-0.2, 0) is 25.7 Å². The molecule has 3 atom stereocenters. The number of nitrogens with one attached hydrogen (secondary N) is 1. The molecule has 150 valence electrons. The van der Waals surface area contributed by atoms with E-state index in [1.54, 1.807) is 18.3 Å². The van der Waals surface area contributed by atoms with Crippen molar-refractivity contribution >= 4 is 23.0 Å². The molecule has 28 heavy (non-hydrogen) atoms. The predicted molar refractivity (Wildman–Crippen MR) is 110 cm³/mol. The van der Waals surface area contributed by atoms with Crippen LogP contribution in [-0.4, -0.2) is 36.5 Å². The zero-order valence-electron chi connectivity index (χ0n) is 16.5. The van der Waals surface area contributed by atoms with Crippen molar-refractivity contribution in [1.82, 2.24) is 5.32 Å². The SMILES string of the molecule is CC(C)CC(OCc1ccc(-c2cccs2)cc1)C(=O)NC1C(=O)COC1C. The molecular formula is C22H27NO4S. The first kappa shape index (κ1) is 20.7. The number of carbonyl (C=O) groups excluding carboxylic acids is 2. The third-order valence-corrected chi connectivity index (χ3v) is 5.71. The summed E-state index contributed by atoms with van der Waals surface area (Å²) >= 11 is 1.70. The minimum Gasteiger partial charge on any atom is -0.368 e. The molecule has 1 aliphatic rings. The van der Waals surface area contributed by atoms with Gasteiger partial charge < -0.3 is 14.8 Å². The Morgan fingerprint density at radius 2 is 2.04 bits per heavy atom. The van der Waals surface area contributed by atoms with Crippen LogP contribution in [0.1, 0.15) is 32.8 Å². The van der Waals surface area contributed by atoms with Gasteiger partial charge in [0.25, 0.3) is 0 Å². The van der Waals surface area contributed by atoms with E-state index in [1.807, 2.05) is 32.0 Å². The molecule has 1 amide bonds. The van der Waals surface area contributed by atoms with Gasteiger partial charge in [-0.15, -0.1) is 11.3 Å². The Morgan fingerprint density at radius 1 is 1.29 bits per heavy atom. The van der Waals surface area contributed by atoms with Gasteiger partial charge in [0.05, 0.1) is 12.7 Å². The zero-order valence-corrected chi connectivity index (χ0v) is 17.3. The fraction of sp³-hybridized carbons (Fsp3) is 0.455. The second kappa shape index (κ2) is 9.45. The largest absolute Gasteiger partial charge is 0.368 e. The molecule has 1 N–H and O–H groups in total. The molecule has 1 aromatic heterocycles. The Balaban J connectivity index is 1.60. The van der Waals surface area contributed by atoms with Crippen molar-refractivity contribution in [1.29, 1.82) is 0 Å². The number of hydrogen-bond donors (Lipinski definition) is 1. The smallest absolute Gasteiger partial charge is 0.249 e. The van der Waals surface area contributed by atoms with Crippen molar-refractivity contribution < 1.29 is 19.1 Å². The topological polar surface area (TPSA) is 64.6 Å². The van der Waals surface area contributed by atoms with Crippen LogP contribution in [0.25, 0.3) is 10.4 Å². The molecule has 1 fully saturated rings. The maximum Gasteiger partial charge on any atom is 0.249 e. The first-order valence-corrected chi connectivity index (χ1v) is 10.5. The lowest BCUT2D eigenvalue weighted by Gasteiger charge is -2.22. The van der Waals surface area contributed by atoms with Gasteiger partial charge in [-0.1, -0.05) is 44.2 Å². The van der Waals surface area contributed by atoms with Gasteiger partial charge in [-0.25, -0.2) is 0 Å². The summed E-state index contributed by atoms with van der Waals surface area (Å²) < 4.78 is 11.3. The van der Waals surface area contributed by atoms with Gasteiger partial charge >= 0.3 is 0 Å². The van der Waals surface area contributed by atoms with Crippen LogP contribution in [0, 0.1) is 5.92 Å². The van der Waals surface area contributed by atoms with Gasteiger partial charge in [-0.05, 0) is 41.8 Å². The summed E-state index contributed by atoms with van der Waals surface area (Å²) in [5.74, 6) is -0.0437. The molecule has 3 rings (SSSR count). The van der Waals surface area contributed by atoms with Gasteiger partial charge in [0.15, 0.2) is 5.78 Å². The Hall–Kier alpha value is -2.02. The van der Waals surface area contributed by atoms with Crippen molar-refractivity contribution in [3.05, 3.63) is 47.3 Å². The Labute approximate surface area is 170 Å². The summed E-state index contributed by atoms with van der Waals surface area (Å²) in [5, 5.41) is 4.87. The molecule has 0 spiro atoms. The normalized spacial score (nSPS) is 20.5. The Bertz CT molecular complexity index is 785. The van der Waals surface area contributed by atoms with Gasteiger partial charge in [-0.3, -0.25) is 9.59 Å². The van der Waals surface area contributed by atoms with Crippen LogP contribution >= 0.6 is 11.3 Å². The maximum atomic E-state index is 12.7. The third kappa shape index (κ3) is 5.28. The number of ether oxygens (including phenoxy) is 2.